The van der Waals surface area contributed by atoms with Gasteiger partial charge >= 0.3 is 11.7 Å². The summed E-state index contributed by atoms with van der Waals surface area (Å²) in [7, 11) is 0. The maximum atomic E-state index is 13.7. The number of para-hydroxylation sites is 1. The first-order chi connectivity index (χ1) is 12.4. The fourth-order valence-electron chi connectivity index (χ4n) is 2.27. The van der Waals surface area contributed by atoms with Gasteiger partial charge in [-0.25, -0.2) is 4.79 Å². The third kappa shape index (κ3) is 4.79. The Morgan fingerprint density at radius 1 is 1.27 bits per heavy atom. The number of H-pyrrole nitrogens is 1. The van der Waals surface area contributed by atoms with E-state index in [1.807, 2.05) is 4.98 Å². The fourth-order valence-corrected chi connectivity index (χ4v) is 2.27. The summed E-state index contributed by atoms with van der Waals surface area (Å²) in [5.74, 6) is -1.18. The Morgan fingerprint density at radius 3 is 2.69 bits per heavy atom. The minimum absolute atomic E-state index is 0.0524. The Morgan fingerprint density at radius 2 is 2.00 bits per heavy atom. The van der Waals surface area contributed by atoms with Crippen molar-refractivity contribution in [3.8, 4) is 5.75 Å². The van der Waals surface area contributed by atoms with Crippen LogP contribution in [0, 0.1) is 5.82 Å². The second kappa shape index (κ2) is 8.95. The molecule has 0 aliphatic carbocycles. The van der Waals surface area contributed by atoms with E-state index in [2.05, 4.69) is 0 Å². The van der Waals surface area contributed by atoms with Crippen LogP contribution in [0.25, 0.3) is 0 Å². The van der Waals surface area contributed by atoms with Crippen LogP contribution in [0.3, 0.4) is 0 Å². The van der Waals surface area contributed by atoms with Crippen LogP contribution < -0.4 is 16.0 Å². The summed E-state index contributed by atoms with van der Waals surface area (Å²) in [5, 5.41) is 0. The van der Waals surface area contributed by atoms with Crippen molar-refractivity contribution in [1.29, 1.82) is 0 Å². The van der Waals surface area contributed by atoms with Gasteiger partial charge in [0.1, 0.15) is 12.4 Å². The summed E-state index contributed by atoms with van der Waals surface area (Å²) in [4.78, 5) is 36.2. The van der Waals surface area contributed by atoms with Gasteiger partial charge in [0.15, 0.2) is 6.23 Å². The van der Waals surface area contributed by atoms with E-state index in [1.54, 1.807) is 31.2 Å². The Kier molecular flexibility index (Phi) is 6.67. The van der Waals surface area contributed by atoms with E-state index < -0.39 is 29.3 Å². The van der Waals surface area contributed by atoms with Crippen LogP contribution in [0.4, 0.5) is 4.39 Å². The molecule has 26 heavy (non-hydrogen) atoms. The first kappa shape index (κ1) is 19.4. The first-order valence-electron chi connectivity index (χ1n) is 7.91. The van der Waals surface area contributed by atoms with E-state index in [9.17, 15) is 18.8 Å². The minimum atomic E-state index is -1.13. The van der Waals surface area contributed by atoms with Gasteiger partial charge in [0.25, 0.3) is 5.56 Å². The SMILES string of the molecule is CCOc1ccccc1C(OCCOC(C)=O)n1cc(F)c(=O)[nH]c1=O. The third-order valence-corrected chi connectivity index (χ3v) is 3.33. The van der Waals surface area contributed by atoms with Crippen molar-refractivity contribution < 1.29 is 23.4 Å². The van der Waals surface area contributed by atoms with Gasteiger partial charge in [-0.05, 0) is 13.0 Å². The van der Waals surface area contributed by atoms with Crippen LogP contribution >= 0.6 is 0 Å². The second-order valence-electron chi connectivity index (χ2n) is 5.18. The maximum absolute atomic E-state index is 13.7. The van der Waals surface area contributed by atoms with E-state index in [0.717, 1.165) is 10.8 Å². The zero-order valence-corrected chi connectivity index (χ0v) is 14.4. The highest BCUT2D eigenvalue weighted by molar-refractivity contribution is 5.65. The van der Waals surface area contributed by atoms with Crippen molar-refractivity contribution >= 4 is 5.97 Å². The van der Waals surface area contributed by atoms with E-state index in [0.29, 0.717) is 17.9 Å². The van der Waals surface area contributed by atoms with Gasteiger partial charge in [-0.15, -0.1) is 0 Å². The Labute approximate surface area is 148 Å². The molecule has 9 heteroatoms. The Balaban J connectivity index is 2.43. The number of aromatic nitrogens is 2. The number of carbonyl (C=O) groups excluding carboxylic acids is 1. The lowest BCUT2D eigenvalue weighted by molar-refractivity contribution is -0.143. The standard InChI is InChI=1S/C17H19FN2O6/c1-3-24-14-7-5-4-6-12(14)16(26-9-8-25-11(2)21)20-10-13(18)15(22)19-17(20)23/h4-7,10,16H,3,8-9H2,1-2H3,(H,19,22,23). The van der Waals surface area contributed by atoms with Crippen molar-refractivity contribution in [1.82, 2.24) is 9.55 Å². The second-order valence-corrected chi connectivity index (χ2v) is 5.18. The number of nitrogens with zero attached hydrogens (tertiary/aromatic N) is 1. The van der Waals surface area contributed by atoms with Crippen LogP contribution in [-0.4, -0.2) is 35.3 Å². The molecule has 1 atom stereocenters. The van der Waals surface area contributed by atoms with Crippen LogP contribution in [0.2, 0.25) is 0 Å². The lowest BCUT2D eigenvalue weighted by Crippen LogP contribution is -2.35. The zero-order valence-electron chi connectivity index (χ0n) is 14.4. The predicted octanol–water partition coefficient (Wildman–Crippen LogP) is 1.20. The molecule has 0 saturated heterocycles. The number of aromatic amines is 1. The molecule has 1 aromatic carbocycles. The maximum Gasteiger partial charge on any atom is 0.330 e. The number of hydrogen-bond acceptors (Lipinski definition) is 6. The number of rotatable bonds is 8. The summed E-state index contributed by atoms with van der Waals surface area (Å²) in [6.45, 7) is 3.30. The Hall–Kier alpha value is -2.94. The molecule has 2 rings (SSSR count). The smallest absolute Gasteiger partial charge is 0.330 e. The molecule has 1 aromatic heterocycles. The number of esters is 1. The van der Waals surface area contributed by atoms with Gasteiger partial charge < -0.3 is 14.2 Å². The molecule has 0 aliphatic heterocycles. The molecule has 0 bridgehead atoms. The van der Waals surface area contributed by atoms with Crippen LogP contribution in [0.15, 0.2) is 40.1 Å². The molecule has 0 radical (unpaired) electrons. The summed E-state index contributed by atoms with van der Waals surface area (Å²) < 4.78 is 30.6. The van der Waals surface area contributed by atoms with Gasteiger partial charge in [0, 0.05) is 12.5 Å². The molecular formula is C17H19FN2O6. The normalized spacial score (nSPS) is 11.8. The molecule has 0 amide bonds. The summed E-state index contributed by atoms with van der Waals surface area (Å²) in [5.41, 5.74) is -1.52. The molecular weight excluding hydrogens is 347 g/mol. The molecule has 0 aliphatic rings. The lowest BCUT2D eigenvalue weighted by Gasteiger charge is -2.22. The van der Waals surface area contributed by atoms with Crippen LogP contribution in [-0.2, 0) is 14.3 Å². The van der Waals surface area contributed by atoms with Gasteiger partial charge in [-0.1, -0.05) is 18.2 Å². The zero-order chi connectivity index (χ0) is 19.1. The molecule has 2 aromatic rings. The number of halogens is 1. The topological polar surface area (TPSA) is 99.6 Å². The number of hydrogen-bond donors (Lipinski definition) is 1. The molecule has 0 saturated carbocycles. The lowest BCUT2D eigenvalue weighted by atomic mass is 10.1. The molecule has 0 spiro atoms. The average molecular weight is 366 g/mol. The Bertz CT molecular complexity index is 876. The highest BCUT2D eigenvalue weighted by atomic mass is 19.1. The third-order valence-electron chi connectivity index (χ3n) is 3.33. The molecule has 1 heterocycles. The van der Waals surface area contributed by atoms with Crippen molar-refractivity contribution in [3.05, 3.63) is 62.7 Å². The number of benzene rings is 1. The van der Waals surface area contributed by atoms with Crippen LogP contribution in [0.5, 0.6) is 5.75 Å². The van der Waals surface area contributed by atoms with Crippen molar-refractivity contribution in [3.63, 3.8) is 0 Å². The fraction of sp³-hybridized carbons (Fsp3) is 0.353. The molecule has 8 nitrogen and oxygen atoms in total. The van der Waals surface area contributed by atoms with Crippen molar-refractivity contribution in [2.24, 2.45) is 0 Å². The predicted molar refractivity (Wildman–Crippen MR) is 89.6 cm³/mol. The van der Waals surface area contributed by atoms with Gasteiger partial charge in [-0.3, -0.25) is 19.1 Å². The molecule has 1 unspecified atom stereocenters. The van der Waals surface area contributed by atoms with Gasteiger partial charge in [0.05, 0.1) is 19.4 Å². The number of ether oxygens (including phenoxy) is 3. The minimum Gasteiger partial charge on any atom is -0.493 e. The summed E-state index contributed by atoms with van der Waals surface area (Å²) in [6.07, 6.45) is -0.326. The van der Waals surface area contributed by atoms with E-state index in [4.69, 9.17) is 14.2 Å². The van der Waals surface area contributed by atoms with Gasteiger partial charge in [0.2, 0.25) is 5.82 Å². The van der Waals surface area contributed by atoms with Crippen molar-refractivity contribution in [2.45, 2.75) is 20.1 Å². The van der Waals surface area contributed by atoms with Crippen molar-refractivity contribution in [2.75, 3.05) is 19.8 Å². The molecule has 0 fully saturated rings. The molecule has 140 valence electrons. The quantitative estimate of drug-likeness (QED) is 0.557. The molecule has 1 N–H and O–H groups in total. The number of nitrogens with one attached hydrogen (secondary N) is 1. The van der Waals surface area contributed by atoms with E-state index >= 15 is 0 Å². The average Bonchev–Trinajstić information content (AvgIpc) is 2.60. The largest absolute Gasteiger partial charge is 0.493 e. The van der Waals surface area contributed by atoms with E-state index in [1.165, 1.54) is 6.92 Å². The van der Waals surface area contributed by atoms with Crippen LogP contribution in [0.1, 0.15) is 25.6 Å². The van der Waals surface area contributed by atoms with Gasteiger partial charge in [-0.2, -0.15) is 4.39 Å². The summed E-state index contributed by atoms with van der Waals surface area (Å²) in [6, 6.07) is 6.76. The van der Waals surface area contributed by atoms with E-state index in [-0.39, 0.29) is 13.2 Å². The summed E-state index contributed by atoms with van der Waals surface area (Å²) >= 11 is 0. The highest BCUT2D eigenvalue weighted by Gasteiger charge is 2.21. The monoisotopic (exact) mass is 366 g/mol. The number of carbonyl (C=O) groups is 1. The first-order valence-corrected chi connectivity index (χ1v) is 7.91. The highest BCUT2D eigenvalue weighted by Crippen LogP contribution is 2.28.